The first-order valence-corrected chi connectivity index (χ1v) is 8.22. The van der Waals surface area contributed by atoms with Gasteiger partial charge in [0, 0.05) is 11.3 Å². The van der Waals surface area contributed by atoms with Gasteiger partial charge in [0.15, 0.2) is 0 Å². The third-order valence-corrected chi connectivity index (χ3v) is 3.59. The highest BCUT2D eigenvalue weighted by molar-refractivity contribution is 5.93. The second kappa shape index (κ2) is 8.11. The molecular formula is C20H18N2O4. The molecule has 0 saturated heterocycles. The zero-order chi connectivity index (χ0) is 18.4. The van der Waals surface area contributed by atoms with E-state index < -0.39 is 0 Å². The third kappa shape index (κ3) is 4.36. The summed E-state index contributed by atoms with van der Waals surface area (Å²) in [4.78, 5) is 28.1. The molecule has 3 rings (SSSR count). The third-order valence-electron chi connectivity index (χ3n) is 3.59. The van der Waals surface area contributed by atoms with Gasteiger partial charge in [0.2, 0.25) is 11.8 Å². The number of hydrogen-bond donors (Lipinski definition) is 1. The fourth-order valence-corrected chi connectivity index (χ4v) is 2.38. The van der Waals surface area contributed by atoms with E-state index in [4.69, 9.17) is 9.15 Å². The fourth-order valence-electron chi connectivity index (χ4n) is 2.38. The zero-order valence-corrected chi connectivity index (χ0v) is 14.3. The molecule has 0 aliphatic rings. The summed E-state index contributed by atoms with van der Waals surface area (Å²) in [5.41, 5.74) is 2.43. The molecule has 0 spiro atoms. The summed E-state index contributed by atoms with van der Waals surface area (Å²) in [5, 5.41) is 2.76. The van der Waals surface area contributed by atoms with Crippen LogP contribution < -0.4 is 5.32 Å². The van der Waals surface area contributed by atoms with E-state index >= 15 is 0 Å². The van der Waals surface area contributed by atoms with Crippen LogP contribution in [-0.2, 0) is 16.0 Å². The Kier molecular flexibility index (Phi) is 5.43. The van der Waals surface area contributed by atoms with Gasteiger partial charge in [-0.15, -0.1) is 0 Å². The van der Waals surface area contributed by atoms with Crippen molar-refractivity contribution in [1.29, 1.82) is 0 Å². The number of hydrogen-bond acceptors (Lipinski definition) is 5. The first-order chi connectivity index (χ1) is 12.7. The number of ether oxygens (including phenoxy) is 1. The Morgan fingerprint density at radius 3 is 2.50 bits per heavy atom. The van der Waals surface area contributed by atoms with Crippen LogP contribution in [0, 0.1) is 0 Å². The van der Waals surface area contributed by atoms with Gasteiger partial charge >= 0.3 is 5.97 Å². The van der Waals surface area contributed by atoms with Crippen molar-refractivity contribution in [2.45, 2.75) is 13.3 Å². The van der Waals surface area contributed by atoms with Gasteiger partial charge in [0.05, 0.1) is 24.3 Å². The molecule has 6 heteroatoms. The number of benzene rings is 2. The lowest BCUT2D eigenvalue weighted by molar-refractivity contribution is -0.115. The summed E-state index contributed by atoms with van der Waals surface area (Å²) in [6, 6.07) is 16.0. The molecule has 2 aromatic carbocycles. The molecule has 1 N–H and O–H groups in total. The molecule has 1 amide bonds. The lowest BCUT2D eigenvalue weighted by Crippen LogP contribution is -2.14. The van der Waals surface area contributed by atoms with E-state index in [9.17, 15) is 9.59 Å². The van der Waals surface area contributed by atoms with Gasteiger partial charge < -0.3 is 14.5 Å². The van der Waals surface area contributed by atoms with Crippen molar-refractivity contribution >= 4 is 17.6 Å². The topological polar surface area (TPSA) is 81.4 Å². The van der Waals surface area contributed by atoms with E-state index in [-0.39, 0.29) is 18.3 Å². The molecule has 0 atom stereocenters. The van der Waals surface area contributed by atoms with Crippen LogP contribution in [0.3, 0.4) is 0 Å². The van der Waals surface area contributed by atoms with Crippen LogP contribution in [0.15, 0.2) is 65.3 Å². The summed E-state index contributed by atoms with van der Waals surface area (Å²) in [7, 11) is 0. The Morgan fingerprint density at radius 2 is 1.81 bits per heavy atom. The minimum Gasteiger partial charge on any atom is -0.462 e. The Labute approximate surface area is 150 Å². The molecular weight excluding hydrogens is 332 g/mol. The van der Waals surface area contributed by atoms with Crippen molar-refractivity contribution in [3.8, 4) is 11.5 Å². The van der Waals surface area contributed by atoms with Gasteiger partial charge in [-0.3, -0.25) is 4.79 Å². The highest BCUT2D eigenvalue weighted by Crippen LogP contribution is 2.18. The van der Waals surface area contributed by atoms with Crippen molar-refractivity contribution in [3.63, 3.8) is 0 Å². The summed E-state index contributed by atoms with van der Waals surface area (Å²) < 4.78 is 10.3. The van der Waals surface area contributed by atoms with E-state index in [0.29, 0.717) is 29.4 Å². The maximum absolute atomic E-state index is 12.2. The van der Waals surface area contributed by atoms with Crippen molar-refractivity contribution in [2.24, 2.45) is 0 Å². The minimum atomic E-state index is -0.388. The molecule has 1 heterocycles. The number of oxazole rings is 1. The van der Waals surface area contributed by atoms with Crippen molar-refractivity contribution < 1.29 is 18.7 Å². The van der Waals surface area contributed by atoms with Crippen LogP contribution >= 0.6 is 0 Å². The number of carbonyl (C=O) groups excluding carboxylic acids is 2. The SMILES string of the molecule is CCOC(=O)c1ccc(NC(=O)Cc2coc(-c3ccccc3)n2)cc1. The van der Waals surface area contributed by atoms with Crippen LogP contribution in [0.5, 0.6) is 0 Å². The molecule has 1 aromatic heterocycles. The molecule has 6 nitrogen and oxygen atoms in total. The molecule has 0 saturated carbocycles. The van der Waals surface area contributed by atoms with E-state index in [1.54, 1.807) is 31.2 Å². The molecule has 0 aliphatic carbocycles. The lowest BCUT2D eigenvalue weighted by Gasteiger charge is -2.05. The molecule has 0 radical (unpaired) electrons. The molecule has 3 aromatic rings. The molecule has 0 unspecified atom stereocenters. The second-order valence-corrected chi connectivity index (χ2v) is 5.53. The van der Waals surface area contributed by atoms with Gasteiger partial charge in [-0.05, 0) is 43.3 Å². The Bertz CT molecular complexity index is 886. The number of esters is 1. The number of carbonyl (C=O) groups is 2. The summed E-state index contributed by atoms with van der Waals surface area (Å²) in [6.45, 7) is 2.07. The van der Waals surface area contributed by atoms with Crippen LogP contribution in [0.1, 0.15) is 23.0 Å². The average molecular weight is 350 g/mol. The average Bonchev–Trinajstić information content (AvgIpc) is 3.11. The number of aromatic nitrogens is 1. The van der Waals surface area contributed by atoms with Crippen molar-refractivity contribution in [2.75, 3.05) is 11.9 Å². The Hall–Kier alpha value is -3.41. The number of nitrogens with one attached hydrogen (secondary N) is 1. The lowest BCUT2D eigenvalue weighted by atomic mass is 10.2. The summed E-state index contributed by atoms with van der Waals surface area (Å²) in [5.74, 6) is -0.129. The van der Waals surface area contributed by atoms with Gasteiger partial charge in [0.25, 0.3) is 0 Å². The van der Waals surface area contributed by atoms with Crippen LogP contribution in [0.4, 0.5) is 5.69 Å². The first kappa shape index (κ1) is 17.4. The van der Waals surface area contributed by atoms with Crippen molar-refractivity contribution in [3.05, 3.63) is 72.1 Å². The quantitative estimate of drug-likeness (QED) is 0.686. The van der Waals surface area contributed by atoms with E-state index in [1.165, 1.54) is 6.26 Å². The maximum atomic E-state index is 12.2. The molecule has 0 bridgehead atoms. The number of rotatable bonds is 6. The highest BCUT2D eigenvalue weighted by atomic mass is 16.5. The van der Waals surface area contributed by atoms with E-state index in [0.717, 1.165) is 5.56 Å². The number of amides is 1. The van der Waals surface area contributed by atoms with E-state index in [2.05, 4.69) is 10.3 Å². The van der Waals surface area contributed by atoms with Gasteiger partial charge in [-0.2, -0.15) is 0 Å². The minimum absolute atomic E-state index is 0.0932. The monoisotopic (exact) mass is 350 g/mol. The highest BCUT2D eigenvalue weighted by Gasteiger charge is 2.11. The van der Waals surface area contributed by atoms with Gasteiger partial charge in [-0.1, -0.05) is 18.2 Å². The maximum Gasteiger partial charge on any atom is 0.338 e. The normalized spacial score (nSPS) is 10.3. The number of anilines is 1. The number of nitrogens with zero attached hydrogens (tertiary/aromatic N) is 1. The largest absolute Gasteiger partial charge is 0.462 e. The smallest absolute Gasteiger partial charge is 0.338 e. The van der Waals surface area contributed by atoms with Crippen molar-refractivity contribution in [1.82, 2.24) is 4.98 Å². The summed E-state index contributed by atoms with van der Waals surface area (Å²) >= 11 is 0. The van der Waals surface area contributed by atoms with Crippen LogP contribution in [0.25, 0.3) is 11.5 Å². The molecule has 132 valence electrons. The molecule has 0 aliphatic heterocycles. The second-order valence-electron chi connectivity index (χ2n) is 5.53. The van der Waals surface area contributed by atoms with Crippen LogP contribution in [0.2, 0.25) is 0 Å². The first-order valence-electron chi connectivity index (χ1n) is 8.22. The van der Waals surface area contributed by atoms with E-state index in [1.807, 2.05) is 30.3 Å². The molecule has 0 fully saturated rings. The zero-order valence-electron chi connectivity index (χ0n) is 14.3. The molecule has 26 heavy (non-hydrogen) atoms. The summed E-state index contributed by atoms with van der Waals surface area (Å²) in [6.07, 6.45) is 1.57. The van der Waals surface area contributed by atoms with Crippen LogP contribution in [-0.4, -0.2) is 23.5 Å². The fraction of sp³-hybridized carbons (Fsp3) is 0.150. The Balaban J connectivity index is 1.59. The standard InChI is InChI=1S/C20H18N2O4/c1-2-25-20(24)15-8-10-16(11-9-15)21-18(23)12-17-13-26-19(22-17)14-6-4-3-5-7-14/h3-11,13H,2,12H2,1H3,(H,21,23). The predicted octanol–water partition coefficient (Wildman–Crippen LogP) is 3.70. The van der Waals surface area contributed by atoms with Gasteiger partial charge in [-0.25, -0.2) is 9.78 Å². The predicted molar refractivity (Wildman–Crippen MR) is 96.7 cm³/mol. The van der Waals surface area contributed by atoms with Gasteiger partial charge in [0.1, 0.15) is 6.26 Å². The Morgan fingerprint density at radius 1 is 1.08 bits per heavy atom.